The molecule has 0 radical (unpaired) electrons. The van der Waals surface area contributed by atoms with Crippen LogP contribution in [0.4, 0.5) is 8.78 Å². The predicted octanol–water partition coefficient (Wildman–Crippen LogP) is 0.984. The first-order valence-corrected chi connectivity index (χ1v) is 4.98. The molecule has 3 nitrogen and oxygen atoms in total. The van der Waals surface area contributed by atoms with E-state index in [0.717, 1.165) is 26.1 Å². The lowest BCUT2D eigenvalue weighted by molar-refractivity contribution is 0.0114. The highest BCUT2D eigenvalue weighted by Gasteiger charge is 2.20. The van der Waals surface area contributed by atoms with Crippen molar-refractivity contribution >= 4 is 12.4 Å². The molecule has 0 bridgehead atoms. The minimum atomic E-state index is -2.35. The van der Waals surface area contributed by atoms with Crippen LogP contribution in [0, 0.1) is 0 Å². The van der Waals surface area contributed by atoms with E-state index in [-0.39, 0.29) is 12.4 Å². The average Bonchev–Trinajstić information content (AvgIpc) is 2.60. The third kappa shape index (κ3) is 6.25. The van der Waals surface area contributed by atoms with E-state index in [9.17, 15) is 8.78 Å². The number of alkyl halides is 2. The quantitative estimate of drug-likeness (QED) is 0.705. The molecule has 1 saturated heterocycles. The molecule has 15 heavy (non-hydrogen) atoms. The average molecular weight is 245 g/mol. The summed E-state index contributed by atoms with van der Waals surface area (Å²) in [4.78, 5) is 2.23. The smallest absolute Gasteiger partial charge is 0.261 e. The molecule has 1 aliphatic heterocycles. The summed E-state index contributed by atoms with van der Waals surface area (Å²) in [5, 5.41) is 3.20. The maximum atomic E-state index is 11.7. The third-order valence-corrected chi connectivity index (χ3v) is 2.48. The summed E-state index contributed by atoms with van der Waals surface area (Å²) in [5.74, 6) is 0. The van der Waals surface area contributed by atoms with Gasteiger partial charge in [-0.25, -0.2) is 8.78 Å². The molecule has 92 valence electrons. The minimum absolute atomic E-state index is 0. The molecule has 0 aromatic rings. The van der Waals surface area contributed by atoms with Crippen LogP contribution in [0.15, 0.2) is 0 Å². The third-order valence-electron chi connectivity index (χ3n) is 2.48. The van der Waals surface area contributed by atoms with Crippen molar-refractivity contribution in [3.8, 4) is 0 Å². The van der Waals surface area contributed by atoms with Gasteiger partial charge in [0, 0.05) is 19.1 Å². The molecule has 0 aromatic carbocycles. The number of likely N-dealkylation sites (N-methyl/N-ethyl adjacent to an activating group) is 1. The number of nitrogens with zero attached hydrogens (tertiary/aromatic N) is 1. The Morgan fingerprint density at radius 1 is 1.53 bits per heavy atom. The number of hydrogen-bond acceptors (Lipinski definition) is 3. The Balaban J connectivity index is 0.00000196. The zero-order valence-electron chi connectivity index (χ0n) is 8.92. The predicted molar refractivity (Wildman–Crippen MR) is 58.0 cm³/mol. The van der Waals surface area contributed by atoms with E-state index in [1.165, 1.54) is 0 Å². The molecular formula is C9H19ClF2N2O. The van der Waals surface area contributed by atoms with E-state index in [2.05, 4.69) is 10.2 Å². The number of rotatable bonds is 6. The van der Waals surface area contributed by atoms with Crippen molar-refractivity contribution < 1.29 is 13.5 Å². The lowest BCUT2D eigenvalue weighted by atomic mass is 10.3. The molecule has 1 fully saturated rings. The Labute approximate surface area is 95.6 Å². The number of ether oxygens (including phenoxy) is 1. The lowest BCUT2D eigenvalue weighted by Crippen LogP contribution is -2.31. The van der Waals surface area contributed by atoms with Gasteiger partial charge in [0.15, 0.2) is 0 Å². The normalized spacial score (nSPS) is 22.0. The van der Waals surface area contributed by atoms with Crippen molar-refractivity contribution in [1.29, 1.82) is 0 Å². The van der Waals surface area contributed by atoms with E-state index in [1.54, 1.807) is 0 Å². The molecule has 0 amide bonds. The first-order chi connectivity index (χ1) is 6.72. The van der Waals surface area contributed by atoms with Crippen molar-refractivity contribution in [3.05, 3.63) is 0 Å². The van der Waals surface area contributed by atoms with Crippen LogP contribution in [0.1, 0.15) is 6.42 Å². The molecule has 0 aromatic heterocycles. The highest BCUT2D eigenvalue weighted by molar-refractivity contribution is 5.85. The Bertz CT molecular complexity index is 163. The van der Waals surface area contributed by atoms with E-state index in [1.807, 2.05) is 7.05 Å². The molecule has 6 heteroatoms. The van der Waals surface area contributed by atoms with Crippen molar-refractivity contribution in [2.24, 2.45) is 0 Å². The monoisotopic (exact) mass is 244 g/mol. The Kier molecular flexibility index (Phi) is 8.23. The molecule has 0 aliphatic carbocycles. The van der Waals surface area contributed by atoms with E-state index < -0.39 is 13.0 Å². The molecule has 1 N–H and O–H groups in total. The van der Waals surface area contributed by atoms with Crippen molar-refractivity contribution in [1.82, 2.24) is 10.2 Å². The van der Waals surface area contributed by atoms with Crippen LogP contribution in [0.25, 0.3) is 0 Å². The molecule has 1 rings (SSSR count). The van der Waals surface area contributed by atoms with Gasteiger partial charge in [-0.2, -0.15) is 0 Å². The molecule has 1 aliphatic rings. The van der Waals surface area contributed by atoms with Gasteiger partial charge in [0.25, 0.3) is 6.43 Å². The number of nitrogens with one attached hydrogen (secondary N) is 1. The van der Waals surface area contributed by atoms with Crippen molar-refractivity contribution in [2.75, 3.05) is 39.9 Å². The maximum Gasteiger partial charge on any atom is 0.261 e. The van der Waals surface area contributed by atoms with Gasteiger partial charge in [-0.1, -0.05) is 0 Å². The summed E-state index contributed by atoms with van der Waals surface area (Å²) < 4.78 is 28.2. The largest absolute Gasteiger partial charge is 0.374 e. The molecular weight excluding hydrogens is 226 g/mol. The van der Waals surface area contributed by atoms with Crippen molar-refractivity contribution in [2.45, 2.75) is 18.9 Å². The second-order valence-corrected chi connectivity index (χ2v) is 3.54. The topological polar surface area (TPSA) is 24.5 Å². The second kappa shape index (κ2) is 8.21. The number of hydrogen-bond donors (Lipinski definition) is 1. The number of likely N-dealkylation sites (tertiary alicyclic amines) is 1. The van der Waals surface area contributed by atoms with Gasteiger partial charge >= 0.3 is 0 Å². The number of halogens is 3. The fourth-order valence-electron chi connectivity index (χ4n) is 1.64. The minimum Gasteiger partial charge on any atom is -0.374 e. The summed E-state index contributed by atoms with van der Waals surface area (Å²) >= 11 is 0. The summed E-state index contributed by atoms with van der Waals surface area (Å²) in [6.45, 7) is 2.74. The Morgan fingerprint density at radius 3 is 2.80 bits per heavy atom. The molecule has 1 atom stereocenters. The van der Waals surface area contributed by atoms with Gasteiger partial charge < -0.3 is 10.1 Å². The van der Waals surface area contributed by atoms with Gasteiger partial charge in [0.1, 0.15) is 6.61 Å². The molecule has 0 saturated carbocycles. The van der Waals surface area contributed by atoms with Crippen LogP contribution >= 0.6 is 12.4 Å². The maximum absolute atomic E-state index is 11.7. The van der Waals surface area contributed by atoms with Gasteiger partial charge in [-0.3, -0.25) is 4.90 Å². The van der Waals surface area contributed by atoms with E-state index in [0.29, 0.717) is 12.6 Å². The lowest BCUT2D eigenvalue weighted by Gasteiger charge is -2.15. The van der Waals surface area contributed by atoms with Crippen LogP contribution in [0.3, 0.4) is 0 Å². The Morgan fingerprint density at radius 2 is 2.27 bits per heavy atom. The standard InChI is InChI=1S/C9H18F2N2O.ClH/c1-12-8-2-3-13(6-8)4-5-14-7-9(10)11;/h8-9,12H,2-7H2,1H3;1H. The van der Waals surface area contributed by atoms with Crippen LogP contribution < -0.4 is 5.32 Å². The highest BCUT2D eigenvalue weighted by atomic mass is 35.5. The van der Waals surface area contributed by atoms with E-state index in [4.69, 9.17) is 4.74 Å². The summed E-state index contributed by atoms with van der Waals surface area (Å²) in [6.07, 6.45) is -1.22. The molecule has 1 unspecified atom stereocenters. The van der Waals surface area contributed by atoms with Gasteiger partial charge in [0.2, 0.25) is 0 Å². The van der Waals surface area contributed by atoms with Gasteiger partial charge in [-0.05, 0) is 20.0 Å². The Hall–Kier alpha value is 0.0300. The molecule has 1 heterocycles. The summed E-state index contributed by atoms with van der Waals surface area (Å²) in [7, 11) is 1.95. The first-order valence-electron chi connectivity index (χ1n) is 4.98. The first kappa shape index (κ1) is 15.0. The SMILES string of the molecule is CNC1CCN(CCOCC(F)F)C1.Cl. The zero-order chi connectivity index (χ0) is 10.4. The van der Waals surface area contributed by atoms with Crippen LogP contribution in [0.5, 0.6) is 0 Å². The zero-order valence-corrected chi connectivity index (χ0v) is 9.73. The summed E-state index contributed by atoms with van der Waals surface area (Å²) in [6, 6.07) is 0.546. The fraction of sp³-hybridized carbons (Fsp3) is 1.00. The van der Waals surface area contributed by atoms with Crippen molar-refractivity contribution in [3.63, 3.8) is 0 Å². The van der Waals surface area contributed by atoms with Crippen LogP contribution in [-0.4, -0.2) is 57.3 Å². The second-order valence-electron chi connectivity index (χ2n) is 3.54. The van der Waals surface area contributed by atoms with Crippen LogP contribution in [-0.2, 0) is 4.74 Å². The molecule has 0 spiro atoms. The van der Waals surface area contributed by atoms with E-state index >= 15 is 0 Å². The van der Waals surface area contributed by atoms with Gasteiger partial charge in [0.05, 0.1) is 6.61 Å². The highest BCUT2D eigenvalue weighted by Crippen LogP contribution is 2.07. The van der Waals surface area contributed by atoms with Crippen LogP contribution in [0.2, 0.25) is 0 Å². The van der Waals surface area contributed by atoms with Gasteiger partial charge in [-0.15, -0.1) is 12.4 Å². The fourth-order valence-corrected chi connectivity index (χ4v) is 1.64. The summed E-state index contributed by atoms with van der Waals surface area (Å²) in [5.41, 5.74) is 0.